The third-order valence-corrected chi connectivity index (χ3v) is 3.92. The van der Waals surface area contributed by atoms with Gasteiger partial charge in [-0.25, -0.2) is 0 Å². The standard InChI is InChI=1S/C11H11Br3/c1-2-8-3-4-9(5-12)11(7-14)10(8)6-13/h2-4H,1,5-7H2. The van der Waals surface area contributed by atoms with Gasteiger partial charge in [-0.05, 0) is 22.3 Å². The van der Waals surface area contributed by atoms with Crippen molar-refractivity contribution in [2.45, 2.75) is 16.0 Å². The molecule has 0 aliphatic carbocycles. The summed E-state index contributed by atoms with van der Waals surface area (Å²) in [5.74, 6) is 0. The maximum atomic E-state index is 3.82. The van der Waals surface area contributed by atoms with Gasteiger partial charge in [-0.1, -0.05) is 72.6 Å². The molecule has 0 aliphatic rings. The zero-order chi connectivity index (χ0) is 10.6. The smallest absolute Gasteiger partial charge is 0.0292 e. The molecule has 0 nitrogen and oxygen atoms in total. The van der Waals surface area contributed by atoms with E-state index >= 15 is 0 Å². The Labute approximate surface area is 110 Å². The van der Waals surface area contributed by atoms with Crippen LogP contribution in [0.5, 0.6) is 0 Å². The van der Waals surface area contributed by atoms with Crippen molar-refractivity contribution in [2.24, 2.45) is 0 Å². The highest BCUT2D eigenvalue weighted by molar-refractivity contribution is 9.09. The van der Waals surface area contributed by atoms with Crippen LogP contribution >= 0.6 is 47.8 Å². The van der Waals surface area contributed by atoms with Gasteiger partial charge in [0.1, 0.15) is 0 Å². The van der Waals surface area contributed by atoms with E-state index in [1.165, 1.54) is 22.3 Å². The van der Waals surface area contributed by atoms with Gasteiger partial charge in [0.05, 0.1) is 0 Å². The largest absolute Gasteiger partial charge is 0.0985 e. The molecule has 0 saturated carbocycles. The number of hydrogen-bond donors (Lipinski definition) is 0. The number of benzene rings is 1. The van der Waals surface area contributed by atoms with Crippen molar-refractivity contribution in [3.8, 4) is 0 Å². The maximum absolute atomic E-state index is 3.82. The van der Waals surface area contributed by atoms with Crippen LogP contribution in [0.15, 0.2) is 18.7 Å². The molecule has 0 fully saturated rings. The molecule has 76 valence electrons. The molecule has 0 heterocycles. The second-order valence-corrected chi connectivity index (χ2v) is 4.56. The maximum Gasteiger partial charge on any atom is 0.0292 e. The van der Waals surface area contributed by atoms with Crippen molar-refractivity contribution in [2.75, 3.05) is 0 Å². The van der Waals surface area contributed by atoms with Crippen LogP contribution in [0.4, 0.5) is 0 Å². The lowest BCUT2D eigenvalue weighted by Crippen LogP contribution is -1.97. The second kappa shape index (κ2) is 6.09. The van der Waals surface area contributed by atoms with Gasteiger partial charge in [-0.15, -0.1) is 0 Å². The Kier molecular flexibility index (Phi) is 5.42. The Morgan fingerprint density at radius 3 is 2.07 bits per heavy atom. The summed E-state index contributed by atoms with van der Waals surface area (Å²) in [6.07, 6.45) is 1.90. The summed E-state index contributed by atoms with van der Waals surface area (Å²) >= 11 is 10.5. The fourth-order valence-electron chi connectivity index (χ4n) is 1.40. The Balaban J connectivity index is 3.35. The van der Waals surface area contributed by atoms with Gasteiger partial charge in [0.15, 0.2) is 0 Å². The first-order valence-corrected chi connectivity index (χ1v) is 7.58. The van der Waals surface area contributed by atoms with E-state index in [0.29, 0.717) is 0 Å². The van der Waals surface area contributed by atoms with Crippen LogP contribution in [-0.4, -0.2) is 0 Å². The van der Waals surface area contributed by atoms with Crippen molar-refractivity contribution in [3.05, 3.63) is 41.0 Å². The summed E-state index contributed by atoms with van der Waals surface area (Å²) in [5.41, 5.74) is 5.23. The predicted molar refractivity (Wildman–Crippen MR) is 74.4 cm³/mol. The molecular weight excluding hydrogens is 372 g/mol. The van der Waals surface area contributed by atoms with Crippen LogP contribution < -0.4 is 0 Å². The van der Waals surface area contributed by atoms with E-state index in [1.807, 2.05) is 6.08 Å². The van der Waals surface area contributed by atoms with Gasteiger partial charge < -0.3 is 0 Å². The SMILES string of the molecule is C=Cc1ccc(CBr)c(CBr)c1CBr. The molecule has 0 amide bonds. The lowest BCUT2D eigenvalue weighted by molar-refractivity contribution is 1.22. The molecule has 1 aromatic carbocycles. The molecule has 0 radical (unpaired) electrons. The van der Waals surface area contributed by atoms with E-state index in [4.69, 9.17) is 0 Å². The lowest BCUT2D eigenvalue weighted by Gasteiger charge is -2.12. The Morgan fingerprint density at radius 1 is 1.00 bits per heavy atom. The van der Waals surface area contributed by atoms with Crippen LogP contribution in [-0.2, 0) is 16.0 Å². The normalized spacial score (nSPS) is 10.2. The highest BCUT2D eigenvalue weighted by atomic mass is 79.9. The van der Waals surface area contributed by atoms with Gasteiger partial charge in [-0.3, -0.25) is 0 Å². The summed E-state index contributed by atoms with van der Waals surface area (Å²) in [6, 6.07) is 4.26. The molecular formula is C11H11Br3. The highest BCUT2D eigenvalue weighted by Gasteiger charge is 2.08. The summed E-state index contributed by atoms with van der Waals surface area (Å²) in [6.45, 7) is 3.82. The Bertz CT molecular complexity index is 332. The average molecular weight is 383 g/mol. The van der Waals surface area contributed by atoms with E-state index in [0.717, 1.165) is 16.0 Å². The summed E-state index contributed by atoms with van der Waals surface area (Å²) in [7, 11) is 0. The zero-order valence-electron chi connectivity index (χ0n) is 7.69. The van der Waals surface area contributed by atoms with Crippen molar-refractivity contribution < 1.29 is 0 Å². The quantitative estimate of drug-likeness (QED) is 0.642. The van der Waals surface area contributed by atoms with Crippen molar-refractivity contribution in [1.82, 2.24) is 0 Å². The number of alkyl halides is 3. The Hall–Kier alpha value is 0.400. The minimum absolute atomic E-state index is 0.871. The Morgan fingerprint density at radius 2 is 1.64 bits per heavy atom. The van der Waals surface area contributed by atoms with Crippen molar-refractivity contribution >= 4 is 53.9 Å². The van der Waals surface area contributed by atoms with Gasteiger partial charge in [0.2, 0.25) is 0 Å². The minimum Gasteiger partial charge on any atom is -0.0985 e. The predicted octanol–water partition coefficient (Wildman–Crippen LogP) is 5.01. The number of halogens is 3. The molecule has 0 aliphatic heterocycles. The van der Waals surface area contributed by atoms with E-state index in [2.05, 4.69) is 66.5 Å². The van der Waals surface area contributed by atoms with Crippen LogP contribution in [0.3, 0.4) is 0 Å². The van der Waals surface area contributed by atoms with Crippen LogP contribution in [0.1, 0.15) is 22.3 Å². The molecule has 1 rings (SSSR count). The molecule has 0 saturated heterocycles. The third-order valence-electron chi connectivity index (χ3n) is 2.20. The number of hydrogen-bond acceptors (Lipinski definition) is 0. The molecule has 0 atom stereocenters. The molecule has 0 N–H and O–H groups in total. The van der Waals surface area contributed by atoms with Gasteiger partial charge >= 0.3 is 0 Å². The minimum atomic E-state index is 0.871. The summed E-state index contributed by atoms with van der Waals surface area (Å²) in [5, 5.41) is 2.65. The molecule has 0 unspecified atom stereocenters. The van der Waals surface area contributed by atoms with Gasteiger partial charge in [0.25, 0.3) is 0 Å². The van der Waals surface area contributed by atoms with E-state index < -0.39 is 0 Å². The lowest BCUT2D eigenvalue weighted by atomic mass is 9.99. The average Bonchev–Trinajstić information content (AvgIpc) is 2.26. The van der Waals surface area contributed by atoms with E-state index in [1.54, 1.807) is 0 Å². The van der Waals surface area contributed by atoms with Crippen molar-refractivity contribution in [3.63, 3.8) is 0 Å². The van der Waals surface area contributed by atoms with Crippen LogP contribution in [0, 0.1) is 0 Å². The molecule has 0 bridgehead atoms. The first-order chi connectivity index (χ1) is 6.78. The molecule has 14 heavy (non-hydrogen) atoms. The number of rotatable bonds is 4. The van der Waals surface area contributed by atoms with E-state index in [9.17, 15) is 0 Å². The second-order valence-electron chi connectivity index (χ2n) is 2.88. The fourth-order valence-corrected chi connectivity index (χ4v) is 3.29. The topological polar surface area (TPSA) is 0 Å². The highest BCUT2D eigenvalue weighted by Crippen LogP contribution is 2.26. The summed E-state index contributed by atoms with van der Waals surface area (Å²) in [4.78, 5) is 0. The monoisotopic (exact) mass is 380 g/mol. The van der Waals surface area contributed by atoms with Crippen molar-refractivity contribution in [1.29, 1.82) is 0 Å². The van der Waals surface area contributed by atoms with Gasteiger partial charge in [-0.2, -0.15) is 0 Å². The van der Waals surface area contributed by atoms with Gasteiger partial charge in [0, 0.05) is 16.0 Å². The molecule has 0 aromatic heterocycles. The van der Waals surface area contributed by atoms with E-state index in [-0.39, 0.29) is 0 Å². The summed E-state index contributed by atoms with van der Waals surface area (Å²) < 4.78 is 0. The third kappa shape index (κ3) is 2.50. The zero-order valence-corrected chi connectivity index (χ0v) is 12.5. The fraction of sp³-hybridized carbons (Fsp3) is 0.273. The van der Waals surface area contributed by atoms with Crippen LogP contribution in [0.25, 0.3) is 6.08 Å². The first kappa shape index (κ1) is 12.5. The first-order valence-electron chi connectivity index (χ1n) is 4.22. The molecule has 0 spiro atoms. The van der Waals surface area contributed by atoms with Crippen LogP contribution in [0.2, 0.25) is 0 Å². The molecule has 1 aromatic rings. The molecule has 3 heteroatoms.